The molecule has 25 heavy (non-hydrogen) atoms. The highest BCUT2D eigenvalue weighted by atomic mass is 35.6. The van der Waals surface area contributed by atoms with E-state index >= 15 is 0 Å². The van der Waals surface area contributed by atoms with Crippen molar-refractivity contribution in [3.05, 3.63) is 59.1 Å². The molecule has 0 aliphatic heterocycles. The number of amides is 1. The average molecular weight is 436 g/mol. The Bertz CT molecular complexity index is 877. The van der Waals surface area contributed by atoms with E-state index in [4.69, 9.17) is 50.8 Å². The number of rotatable bonds is 4. The summed E-state index contributed by atoms with van der Waals surface area (Å²) in [6.07, 6.45) is 0. The fraction of sp³-hybridized carbons (Fsp3) is 0.125. The van der Waals surface area contributed by atoms with Crippen LogP contribution in [0.25, 0.3) is 11.1 Å². The lowest BCUT2D eigenvalue weighted by Crippen LogP contribution is -2.41. The predicted molar refractivity (Wildman–Crippen MR) is 103 cm³/mol. The van der Waals surface area contributed by atoms with Crippen LogP contribution in [0.2, 0.25) is 5.02 Å². The Hall–Kier alpha value is -1.11. The fourth-order valence-electron chi connectivity index (χ4n) is 2.01. The number of hydrogen-bond donors (Lipinski definition) is 1. The van der Waals surface area contributed by atoms with Gasteiger partial charge in [-0.2, -0.15) is 0 Å². The van der Waals surface area contributed by atoms with Gasteiger partial charge in [0.25, 0.3) is 11.1 Å². The number of hydrogen-bond acceptors (Lipinski definition) is 4. The van der Waals surface area contributed by atoms with Crippen LogP contribution in [0.5, 0.6) is 0 Å². The first-order valence-corrected chi connectivity index (χ1v) is 9.37. The van der Waals surface area contributed by atoms with E-state index in [9.17, 15) is 4.79 Å². The Kier molecular flexibility index (Phi) is 5.71. The molecule has 0 saturated carbocycles. The molecule has 0 saturated heterocycles. The molecule has 1 atom stereocenters. The van der Waals surface area contributed by atoms with Crippen LogP contribution in [0.3, 0.4) is 0 Å². The second kappa shape index (κ2) is 7.64. The Balaban J connectivity index is 1.81. The Morgan fingerprint density at radius 3 is 2.60 bits per heavy atom. The van der Waals surface area contributed by atoms with E-state index in [1.807, 2.05) is 12.1 Å². The molecule has 0 radical (unpaired) electrons. The van der Waals surface area contributed by atoms with Crippen molar-refractivity contribution in [2.45, 2.75) is 14.4 Å². The fourth-order valence-corrected chi connectivity index (χ4v) is 3.56. The average Bonchev–Trinajstić information content (AvgIpc) is 2.95. The van der Waals surface area contributed by atoms with Crippen LogP contribution < -0.4 is 5.32 Å². The topological polar surface area (TPSA) is 55.1 Å². The molecule has 0 spiro atoms. The lowest BCUT2D eigenvalue weighted by atomic mass is 10.2. The van der Waals surface area contributed by atoms with Crippen LogP contribution >= 0.6 is 58.2 Å². The quantitative estimate of drug-likeness (QED) is 0.324. The Labute approximate surface area is 167 Å². The molecule has 1 heterocycles. The number of carbonyl (C=O) groups is 1. The molecule has 130 valence electrons. The lowest BCUT2D eigenvalue weighted by molar-refractivity contribution is 0.0950. The van der Waals surface area contributed by atoms with Crippen LogP contribution in [0.4, 0.5) is 0 Å². The van der Waals surface area contributed by atoms with Gasteiger partial charge in [0.15, 0.2) is 5.58 Å². The van der Waals surface area contributed by atoms with Crippen molar-refractivity contribution in [3.63, 3.8) is 0 Å². The van der Waals surface area contributed by atoms with E-state index in [1.54, 1.807) is 30.3 Å². The van der Waals surface area contributed by atoms with Gasteiger partial charge < -0.3 is 9.73 Å². The zero-order chi connectivity index (χ0) is 18.0. The zero-order valence-electron chi connectivity index (χ0n) is 12.4. The van der Waals surface area contributed by atoms with E-state index in [0.29, 0.717) is 21.7 Å². The number of halogens is 4. The number of oxazole rings is 1. The number of nitrogens with one attached hydrogen (secondary N) is 1. The molecule has 2 aromatic carbocycles. The van der Waals surface area contributed by atoms with Crippen LogP contribution in [-0.2, 0) is 0 Å². The van der Waals surface area contributed by atoms with Gasteiger partial charge in [-0.3, -0.25) is 4.79 Å². The molecule has 1 aromatic heterocycles. The maximum atomic E-state index is 12.4. The summed E-state index contributed by atoms with van der Waals surface area (Å²) < 4.78 is 3.83. The molecule has 1 unspecified atom stereocenters. The van der Waals surface area contributed by atoms with Gasteiger partial charge in [-0.1, -0.05) is 64.6 Å². The summed E-state index contributed by atoms with van der Waals surface area (Å²) in [5, 5.41) is 2.46. The van der Waals surface area contributed by atoms with Gasteiger partial charge in [0.2, 0.25) is 3.79 Å². The minimum atomic E-state index is -1.78. The first-order valence-electron chi connectivity index (χ1n) is 6.98. The number of thioether (sulfide) groups is 1. The number of alkyl halides is 3. The number of benzene rings is 2. The second-order valence-corrected chi connectivity index (χ2v) is 8.83. The molecule has 9 heteroatoms. The van der Waals surface area contributed by atoms with Crippen molar-refractivity contribution in [3.8, 4) is 0 Å². The zero-order valence-corrected chi connectivity index (χ0v) is 16.2. The molecular formula is C16H10Cl4N2O2S. The Morgan fingerprint density at radius 1 is 1.16 bits per heavy atom. The first-order chi connectivity index (χ1) is 11.8. The third-order valence-electron chi connectivity index (χ3n) is 3.14. The van der Waals surface area contributed by atoms with E-state index in [0.717, 1.165) is 11.8 Å². The van der Waals surface area contributed by atoms with Crippen LogP contribution in [-0.4, -0.2) is 20.1 Å². The first kappa shape index (κ1) is 18.7. The summed E-state index contributed by atoms with van der Waals surface area (Å²) in [7, 11) is 0. The van der Waals surface area contributed by atoms with Gasteiger partial charge in [0.1, 0.15) is 10.9 Å². The highest BCUT2D eigenvalue weighted by Crippen LogP contribution is 2.39. The van der Waals surface area contributed by atoms with Crippen molar-refractivity contribution in [1.82, 2.24) is 10.3 Å². The van der Waals surface area contributed by atoms with E-state index in [2.05, 4.69) is 10.3 Å². The van der Waals surface area contributed by atoms with Crippen molar-refractivity contribution in [2.75, 3.05) is 0 Å². The highest BCUT2D eigenvalue weighted by molar-refractivity contribution is 8.00. The molecule has 0 bridgehead atoms. The standard InChI is InChI=1S/C16H10Cl4N2O2S/c17-10-5-3-4-9(8-10)13(23)22-14(16(18,19)20)25-15-21-11-6-1-2-7-12(11)24-15/h1-8,14H,(H,22,23). The Morgan fingerprint density at radius 2 is 1.92 bits per heavy atom. The molecule has 3 aromatic rings. The number of para-hydroxylation sites is 2. The molecular weight excluding hydrogens is 426 g/mol. The van der Waals surface area contributed by atoms with Gasteiger partial charge in [-0.05, 0) is 42.1 Å². The van der Waals surface area contributed by atoms with Crippen molar-refractivity contribution < 1.29 is 9.21 Å². The summed E-state index contributed by atoms with van der Waals surface area (Å²) >= 11 is 24.9. The maximum Gasteiger partial charge on any atom is 0.258 e. The van der Waals surface area contributed by atoms with E-state index in [-0.39, 0.29) is 5.22 Å². The van der Waals surface area contributed by atoms with E-state index < -0.39 is 15.1 Å². The molecule has 4 nitrogen and oxygen atoms in total. The predicted octanol–water partition coefficient (Wildman–Crippen LogP) is 5.70. The largest absolute Gasteiger partial charge is 0.431 e. The van der Waals surface area contributed by atoms with Gasteiger partial charge in [-0.25, -0.2) is 4.98 Å². The van der Waals surface area contributed by atoms with Crippen molar-refractivity contribution in [2.24, 2.45) is 0 Å². The van der Waals surface area contributed by atoms with Crippen LogP contribution in [0, 0.1) is 0 Å². The third kappa shape index (κ3) is 4.74. The summed E-state index contributed by atoms with van der Waals surface area (Å²) in [4.78, 5) is 16.7. The summed E-state index contributed by atoms with van der Waals surface area (Å²) in [6, 6.07) is 13.7. The molecule has 1 amide bonds. The second-order valence-electron chi connectivity index (χ2n) is 4.97. The minimum Gasteiger partial charge on any atom is -0.431 e. The smallest absolute Gasteiger partial charge is 0.258 e. The maximum absolute atomic E-state index is 12.4. The number of fused-ring (bicyclic) bond motifs is 1. The SMILES string of the molecule is O=C(NC(Sc1nc2ccccc2o1)C(Cl)(Cl)Cl)c1cccc(Cl)c1. The van der Waals surface area contributed by atoms with Gasteiger partial charge in [-0.15, -0.1) is 0 Å². The van der Waals surface area contributed by atoms with Gasteiger partial charge >= 0.3 is 0 Å². The minimum absolute atomic E-state index is 0.281. The van der Waals surface area contributed by atoms with Crippen LogP contribution in [0.15, 0.2) is 58.2 Å². The lowest BCUT2D eigenvalue weighted by Gasteiger charge is -2.23. The third-order valence-corrected chi connectivity index (χ3v) is 5.50. The normalized spacial score (nSPS) is 13.0. The van der Waals surface area contributed by atoms with E-state index in [1.165, 1.54) is 6.07 Å². The molecule has 1 N–H and O–H groups in total. The number of carbonyl (C=O) groups excluding carboxylic acids is 1. The van der Waals surface area contributed by atoms with Crippen molar-refractivity contribution in [1.29, 1.82) is 0 Å². The molecule has 0 aliphatic carbocycles. The summed E-state index contributed by atoms with van der Waals surface area (Å²) in [5.41, 5.74) is 1.63. The van der Waals surface area contributed by atoms with Gasteiger partial charge in [0, 0.05) is 10.6 Å². The van der Waals surface area contributed by atoms with Gasteiger partial charge in [0.05, 0.1) is 0 Å². The molecule has 3 rings (SSSR count). The molecule has 0 aliphatic rings. The monoisotopic (exact) mass is 434 g/mol. The number of nitrogens with zero attached hydrogens (tertiary/aromatic N) is 1. The van der Waals surface area contributed by atoms with Crippen molar-refractivity contribution >= 4 is 75.2 Å². The molecule has 0 fully saturated rings. The van der Waals surface area contributed by atoms with Crippen LogP contribution in [0.1, 0.15) is 10.4 Å². The number of aromatic nitrogens is 1. The summed E-state index contributed by atoms with van der Waals surface area (Å²) in [5.74, 6) is -0.428. The highest BCUT2D eigenvalue weighted by Gasteiger charge is 2.36. The summed E-state index contributed by atoms with van der Waals surface area (Å²) in [6.45, 7) is 0.